The van der Waals surface area contributed by atoms with Crippen molar-refractivity contribution in [3.05, 3.63) is 30.3 Å². The number of benzene rings is 1. The Morgan fingerprint density at radius 3 is 2.37 bits per heavy atom. The topological polar surface area (TPSA) is 43.4 Å². The van der Waals surface area contributed by atoms with Gasteiger partial charge < -0.3 is 4.74 Å². The summed E-state index contributed by atoms with van der Waals surface area (Å²) in [5.74, 6) is 0.556. The van der Waals surface area contributed by atoms with Crippen LogP contribution in [0.3, 0.4) is 0 Å². The van der Waals surface area contributed by atoms with Crippen molar-refractivity contribution in [1.82, 2.24) is 0 Å². The summed E-state index contributed by atoms with van der Waals surface area (Å²) in [6, 6.07) is 8.81. The summed E-state index contributed by atoms with van der Waals surface area (Å²) in [6.45, 7) is 0. The van der Waals surface area contributed by atoms with E-state index < -0.39 is 15.4 Å². The molecule has 0 aliphatic heterocycles. The Labute approximate surface area is 114 Å². The van der Waals surface area contributed by atoms with Crippen LogP contribution in [0.25, 0.3) is 0 Å². The summed E-state index contributed by atoms with van der Waals surface area (Å²) in [7, 11) is -1.62. The van der Waals surface area contributed by atoms with Gasteiger partial charge in [-0.05, 0) is 50.2 Å². The molecule has 0 N–H and O–H groups in total. The molecule has 0 amide bonds. The molecule has 1 atom stereocenters. The van der Waals surface area contributed by atoms with Gasteiger partial charge in [0.25, 0.3) is 0 Å². The van der Waals surface area contributed by atoms with Gasteiger partial charge in [0.05, 0.1) is 15.7 Å². The number of hydrogen-bond donors (Lipinski definition) is 0. The maximum Gasteiger partial charge on any atom is 0.184 e. The monoisotopic (exact) mass is 280 g/mol. The molecule has 19 heavy (non-hydrogen) atoms. The van der Waals surface area contributed by atoms with E-state index in [0.29, 0.717) is 10.8 Å². The Bertz CT molecular complexity index is 542. The minimum atomic E-state index is -3.29. The number of ether oxygens (including phenoxy) is 1. The van der Waals surface area contributed by atoms with Gasteiger partial charge in [-0.1, -0.05) is 18.2 Å². The highest BCUT2D eigenvalue weighted by molar-refractivity contribution is 7.92. The van der Waals surface area contributed by atoms with Crippen molar-refractivity contribution < 1.29 is 13.2 Å². The van der Waals surface area contributed by atoms with Gasteiger partial charge in [-0.15, -0.1) is 0 Å². The van der Waals surface area contributed by atoms with E-state index in [1.807, 2.05) is 6.07 Å². The second-order valence-electron chi connectivity index (χ2n) is 5.79. The van der Waals surface area contributed by atoms with Gasteiger partial charge >= 0.3 is 0 Å². The summed E-state index contributed by atoms with van der Waals surface area (Å²) >= 11 is 0. The average Bonchev–Trinajstić information content (AvgIpc) is 2.49. The number of hydrogen-bond acceptors (Lipinski definition) is 3. The fourth-order valence-electron chi connectivity index (χ4n) is 3.76. The van der Waals surface area contributed by atoms with Crippen molar-refractivity contribution in [2.45, 2.75) is 47.9 Å². The van der Waals surface area contributed by atoms with Crippen LogP contribution >= 0.6 is 0 Å². The molecule has 3 aliphatic carbocycles. The van der Waals surface area contributed by atoms with Crippen LogP contribution in [0.2, 0.25) is 0 Å². The van der Waals surface area contributed by atoms with Crippen molar-refractivity contribution in [3.8, 4) is 0 Å². The molecule has 0 spiro atoms. The van der Waals surface area contributed by atoms with Crippen LogP contribution in [0.5, 0.6) is 0 Å². The van der Waals surface area contributed by atoms with E-state index in [-0.39, 0.29) is 5.25 Å². The van der Waals surface area contributed by atoms with Crippen molar-refractivity contribution in [3.63, 3.8) is 0 Å². The highest BCUT2D eigenvalue weighted by atomic mass is 32.2. The molecule has 0 unspecified atom stereocenters. The molecule has 0 saturated heterocycles. The van der Waals surface area contributed by atoms with Crippen LogP contribution < -0.4 is 0 Å². The fourth-order valence-corrected chi connectivity index (χ4v) is 6.05. The summed E-state index contributed by atoms with van der Waals surface area (Å²) in [5, 5.41) is -0.375. The molecule has 1 aromatic carbocycles. The maximum absolute atomic E-state index is 12.9. The van der Waals surface area contributed by atoms with Crippen LogP contribution in [0.15, 0.2) is 35.2 Å². The van der Waals surface area contributed by atoms with E-state index >= 15 is 0 Å². The van der Waals surface area contributed by atoms with E-state index in [1.54, 1.807) is 31.4 Å². The molecule has 2 bridgehead atoms. The number of rotatable bonds is 3. The van der Waals surface area contributed by atoms with Crippen LogP contribution in [0.1, 0.15) is 32.1 Å². The average molecular weight is 280 g/mol. The molecule has 3 nitrogen and oxygen atoms in total. The van der Waals surface area contributed by atoms with Crippen LogP contribution in [0.4, 0.5) is 0 Å². The summed E-state index contributed by atoms with van der Waals surface area (Å²) in [6.07, 6.45) is 4.73. The molecule has 1 aromatic rings. The molecule has 0 radical (unpaired) electrons. The first-order valence-electron chi connectivity index (χ1n) is 6.92. The predicted octanol–water partition coefficient (Wildman–Crippen LogP) is 2.81. The fraction of sp³-hybridized carbons (Fsp3) is 0.600. The van der Waals surface area contributed by atoms with Crippen LogP contribution in [0, 0.1) is 5.92 Å². The third-order valence-electron chi connectivity index (χ3n) is 4.94. The third kappa shape index (κ3) is 2.01. The molecular formula is C15H20O3S. The first-order chi connectivity index (χ1) is 9.08. The van der Waals surface area contributed by atoms with Gasteiger partial charge in [0.2, 0.25) is 0 Å². The van der Waals surface area contributed by atoms with E-state index in [4.69, 9.17) is 4.74 Å². The van der Waals surface area contributed by atoms with Gasteiger partial charge in [0, 0.05) is 7.11 Å². The number of methoxy groups -OCH3 is 1. The zero-order valence-electron chi connectivity index (χ0n) is 11.2. The minimum Gasteiger partial charge on any atom is -0.377 e. The maximum atomic E-state index is 12.9. The van der Waals surface area contributed by atoms with E-state index in [2.05, 4.69) is 0 Å². The smallest absolute Gasteiger partial charge is 0.184 e. The number of sulfone groups is 1. The SMILES string of the molecule is COC12CCC(CC1)C[C@H]2S(=O)(=O)c1ccccc1. The third-order valence-corrected chi connectivity index (χ3v) is 7.24. The zero-order valence-corrected chi connectivity index (χ0v) is 12.0. The Balaban J connectivity index is 2.02. The largest absolute Gasteiger partial charge is 0.377 e. The van der Waals surface area contributed by atoms with Crippen LogP contribution in [-0.2, 0) is 14.6 Å². The number of fused-ring (bicyclic) bond motifs is 3. The summed E-state index contributed by atoms with van der Waals surface area (Å²) in [5.41, 5.74) is -0.455. The molecule has 3 saturated carbocycles. The van der Waals surface area contributed by atoms with Gasteiger partial charge in [-0.2, -0.15) is 0 Å². The second kappa shape index (κ2) is 4.60. The van der Waals surface area contributed by atoms with Gasteiger partial charge in [0.15, 0.2) is 9.84 Å². The van der Waals surface area contributed by atoms with E-state index in [0.717, 1.165) is 32.1 Å². The van der Waals surface area contributed by atoms with Crippen molar-refractivity contribution in [2.24, 2.45) is 5.92 Å². The lowest BCUT2D eigenvalue weighted by Gasteiger charge is -2.50. The molecule has 3 fully saturated rings. The molecular weight excluding hydrogens is 260 g/mol. The normalized spacial score (nSPS) is 34.4. The van der Waals surface area contributed by atoms with Gasteiger partial charge in [-0.25, -0.2) is 8.42 Å². The van der Waals surface area contributed by atoms with Crippen LogP contribution in [-0.4, -0.2) is 26.4 Å². The molecule has 4 heteroatoms. The predicted molar refractivity (Wildman–Crippen MR) is 73.7 cm³/mol. The molecule has 0 heterocycles. The molecule has 3 aliphatic rings. The standard InChI is InChI=1S/C15H20O3S/c1-18-15-9-7-12(8-10-15)11-14(15)19(16,17)13-5-3-2-4-6-13/h2-6,12,14H,7-11H2,1H3/t12?,14-,15?/m1/s1. The van der Waals surface area contributed by atoms with E-state index in [1.165, 1.54) is 0 Å². The second-order valence-corrected chi connectivity index (χ2v) is 7.93. The zero-order chi connectivity index (χ0) is 13.5. The first-order valence-corrected chi connectivity index (χ1v) is 8.47. The molecule has 0 aromatic heterocycles. The molecule has 104 valence electrons. The van der Waals surface area contributed by atoms with Crippen molar-refractivity contribution in [1.29, 1.82) is 0 Å². The van der Waals surface area contributed by atoms with E-state index in [9.17, 15) is 8.42 Å². The Kier molecular flexibility index (Phi) is 3.18. The Hall–Kier alpha value is -0.870. The van der Waals surface area contributed by atoms with Crippen molar-refractivity contribution in [2.75, 3.05) is 7.11 Å². The lowest BCUT2D eigenvalue weighted by Crippen LogP contribution is -2.55. The minimum absolute atomic E-state index is 0.375. The van der Waals surface area contributed by atoms with Gasteiger partial charge in [-0.3, -0.25) is 0 Å². The highest BCUT2D eigenvalue weighted by Gasteiger charge is 2.53. The summed E-state index contributed by atoms with van der Waals surface area (Å²) in [4.78, 5) is 0.434. The first kappa shape index (κ1) is 13.1. The Morgan fingerprint density at radius 1 is 1.16 bits per heavy atom. The van der Waals surface area contributed by atoms with Crippen molar-refractivity contribution >= 4 is 9.84 Å². The molecule has 4 rings (SSSR count). The quantitative estimate of drug-likeness (QED) is 0.855. The Morgan fingerprint density at radius 2 is 1.79 bits per heavy atom. The highest BCUT2D eigenvalue weighted by Crippen LogP contribution is 2.50. The lowest BCUT2D eigenvalue weighted by atomic mass is 9.67. The summed E-state index contributed by atoms with van der Waals surface area (Å²) < 4.78 is 31.4. The van der Waals surface area contributed by atoms with Gasteiger partial charge in [0.1, 0.15) is 0 Å². The lowest BCUT2D eigenvalue weighted by molar-refractivity contribution is -0.0822.